The molecule has 4 heteroatoms. The molecule has 0 aromatic rings. The van der Waals surface area contributed by atoms with Crippen LogP contribution in [0.15, 0.2) is 13.2 Å². The van der Waals surface area contributed by atoms with Gasteiger partial charge in [0.05, 0.1) is 0 Å². The zero-order valence-corrected chi connectivity index (χ0v) is 3.13. The van der Waals surface area contributed by atoms with E-state index in [0.29, 0.717) is 0 Å². The van der Waals surface area contributed by atoms with Crippen LogP contribution < -0.4 is 0 Å². The molecule has 0 heterocycles. The first-order valence-electron chi connectivity index (χ1n) is 1.15. The summed E-state index contributed by atoms with van der Waals surface area (Å²) in [5.41, 5.74) is 0. The van der Waals surface area contributed by atoms with Crippen LogP contribution in [0.1, 0.15) is 0 Å². The average molecular weight is 95.9 g/mol. The van der Waals surface area contributed by atoms with Crippen LogP contribution in [-0.2, 0) is 0 Å². The first-order valence-corrected chi connectivity index (χ1v) is 1.15. The highest BCUT2D eigenvalue weighted by Crippen LogP contribution is 1.80. The minimum Gasteiger partial charge on any atom is -0.254 e. The molecule has 0 rings (SSSR count). The lowest BCUT2D eigenvalue weighted by atomic mass is 10.5. The zero-order chi connectivity index (χ0) is 5.58. The van der Waals surface area contributed by atoms with Crippen molar-refractivity contribution in [1.29, 1.82) is 0 Å². The van der Waals surface area contributed by atoms with Crippen molar-refractivity contribution < 1.29 is 12.9 Å². The summed E-state index contributed by atoms with van der Waals surface area (Å²) in [7, 11) is -3.67. The van der Waals surface area contributed by atoms with Gasteiger partial charge in [-0.1, -0.05) is 0 Å². The fraction of sp³-hybridized carbons (Fsp3) is 0. The quantitative estimate of drug-likeness (QED) is 0.318. The summed E-state index contributed by atoms with van der Waals surface area (Å²) in [4.78, 5) is 0. The second-order valence-electron chi connectivity index (χ2n) is 0.247. The van der Waals surface area contributed by atoms with Gasteiger partial charge in [0, 0.05) is 0 Å². The Labute approximate surface area is 34.9 Å². The fourth-order valence-electron chi connectivity index (χ4n) is 0. The lowest BCUT2D eigenvalue weighted by Crippen LogP contribution is -1.76. The van der Waals surface area contributed by atoms with E-state index in [1.807, 2.05) is 0 Å². The normalized spacial score (nSPS) is 5.17. The van der Waals surface area contributed by atoms with Crippen molar-refractivity contribution in [2.24, 2.45) is 0 Å². The van der Waals surface area contributed by atoms with E-state index in [1.165, 1.54) is 0 Å². The molecule has 0 aliphatic heterocycles. The molecule has 6 heavy (non-hydrogen) atoms. The lowest BCUT2D eigenvalue weighted by Gasteiger charge is -1.55. The van der Waals surface area contributed by atoms with Gasteiger partial charge >= 0.3 is 7.54 Å². The monoisotopic (exact) mass is 96.0 g/mol. The maximum atomic E-state index is 9.67. The Morgan fingerprint density at radius 2 is 1.00 bits per heavy atom. The van der Waals surface area contributed by atoms with Gasteiger partial charge in [0.15, 0.2) is 0 Å². The Bertz CT molecular complexity index is 20.0. The summed E-state index contributed by atoms with van der Waals surface area (Å²) in [6, 6.07) is 0. The Kier molecular flexibility index (Phi) is 13.4. The van der Waals surface area contributed by atoms with Gasteiger partial charge in [0.2, 0.25) is 0 Å². The smallest absolute Gasteiger partial charge is 0.254 e. The maximum absolute atomic E-state index is 9.67. The van der Waals surface area contributed by atoms with E-state index < -0.39 is 7.54 Å². The van der Waals surface area contributed by atoms with Gasteiger partial charge in [-0.2, -0.15) is 0 Å². The van der Waals surface area contributed by atoms with Crippen molar-refractivity contribution in [3.63, 3.8) is 0 Å². The molecular weight excluding hydrogens is 91.8 g/mol. The SMILES string of the molecule is C=C.FB(F)F. The topological polar surface area (TPSA) is 0 Å². The van der Waals surface area contributed by atoms with Crippen LogP contribution in [0.5, 0.6) is 0 Å². The summed E-state index contributed by atoms with van der Waals surface area (Å²) in [5.74, 6) is 0. The molecular formula is C2H4BF3. The first kappa shape index (κ1) is 9.14. The molecule has 0 aliphatic rings. The molecule has 0 aromatic heterocycles. The van der Waals surface area contributed by atoms with Gasteiger partial charge in [0.25, 0.3) is 0 Å². The van der Waals surface area contributed by atoms with E-state index >= 15 is 0 Å². The van der Waals surface area contributed by atoms with E-state index in [-0.39, 0.29) is 0 Å². The van der Waals surface area contributed by atoms with Crippen molar-refractivity contribution in [2.45, 2.75) is 0 Å². The molecule has 0 unspecified atom stereocenters. The van der Waals surface area contributed by atoms with Crippen LogP contribution in [0, 0.1) is 0 Å². The zero-order valence-electron chi connectivity index (χ0n) is 3.13. The third-order valence-electron chi connectivity index (χ3n) is 0. The molecule has 0 atom stereocenters. The molecule has 0 nitrogen and oxygen atoms in total. The molecule has 0 N–H and O–H groups in total. The van der Waals surface area contributed by atoms with Gasteiger partial charge in [-0.05, 0) is 0 Å². The highest BCUT2D eigenvalue weighted by Gasteiger charge is 2.06. The molecule has 0 saturated heterocycles. The Balaban J connectivity index is 0. The van der Waals surface area contributed by atoms with Crippen molar-refractivity contribution in [1.82, 2.24) is 0 Å². The Morgan fingerprint density at radius 3 is 1.00 bits per heavy atom. The molecule has 0 bridgehead atoms. The predicted molar refractivity (Wildman–Crippen MR) is 20.3 cm³/mol. The van der Waals surface area contributed by atoms with E-state index in [1.54, 1.807) is 0 Å². The first-order chi connectivity index (χ1) is 2.73. The van der Waals surface area contributed by atoms with Gasteiger partial charge in [0.1, 0.15) is 0 Å². The molecule has 0 spiro atoms. The third kappa shape index (κ3) is 148. The lowest BCUT2D eigenvalue weighted by molar-refractivity contribution is 0.535. The maximum Gasteiger partial charge on any atom is 0.762 e. The van der Waals surface area contributed by atoms with Gasteiger partial charge in [-0.15, -0.1) is 13.2 Å². The van der Waals surface area contributed by atoms with Crippen LogP contribution in [0.3, 0.4) is 0 Å². The molecule has 0 fully saturated rings. The third-order valence-corrected chi connectivity index (χ3v) is 0. The standard InChI is InChI=1S/C2H4.BF3/c1-2;2-1(3)4/h1-2H2;. The molecule has 0 amide bonds. The van der Waals surface area contributed by atoms with Crippen LogP contribution in [0.2, 0.25) is 0 Å². The highest BCUT2D eigenvalue weighted by molar-refractivity contribution is 6.33. The van der Waals surface area contributed by atoms with Gasteiger partial charge in [-0.3, -0.25) is 12.9 Å². The highest BCUT2D eigenvalue weighted by atomic mass is 19.4. The van der Waals surface area contributed by atoms with Crippen molar-refractivity contribution in [3.05, 3.63) is 13.2 Å². The van der Waals surface area contributed by atoms with Gasteiger partial charge < -0.3 is 0 Å². The average Bonchev–Trinajstić information content (AvgIpc) is 1.41. The van der Waals surface area contributed by atoms with E-state index in [4.69, 9.17) is 0 Å². The minimum atomic E-state index is -3.67. The molecule has 36 valence electrons. The molecule has 0 saturated carbocycles. The summed E-state index contributed by atoms with van der Waals surface area (Å²) in [5, 5.41) is 0. The number of hydrogen-bond acceptors (Lipinski definition) is 0. The van der Waals surface area contributed by atoms with Crippen molar-refractivity contribution >= 4 is 7.54 Å². The van der Waals surface area contributed by atoms with Crippen molar-refractivity contribution in [2.75, 3.05) is 0 Å². The second kappa shape index (κ2) is 8.82. The van der Waals surface area contributed by atoms with Crippen LogP contribution in [0.25, 0.3) is 0 Å². The number of hydrogen-bond donors (Lipinski definition) is 0. The Hall–Kier alpha value is -0.405. The fourth-order valence-corrected chi connectivity index (χ4v) is 0. The summed E-state index contributed by atoms with van der Waals surface area (Å²) >= 11 is 0. The summed E-state index contributed by atoms with van der Waals surface area (Å²) in [6.45, 7) is 6.00. The summed E-state index contributed by atoms with van der Waals surface area (Å²) < 4.78 is 29.0. The van der Waals surface area contributed by atoms with Crippen molar-refractivity contribution in [3.8, 4) is 0 Å². The predicted octanol–water partition coefficient (Wildman–Crippen LogP) is 1.68. The van der Waals surface area contributed by atoms with E-state index in [0.717, 1.165) is 0 Å². The van der Waals surface area contributed by atoms with Crippen LogP contribution in [0.4, 0.5) is 12.9 Å². The molecule has 0 radical (unpaired) electrons. The second-order valence-corrected chi connectivity index (χ2v) is 0.247. The van der Waals surface area contributed by atoms with Gasteiger partial charge in [-0.25, -0.2) is 0 Å². The van der Waals surface area contributed by atoms with Crippen LogP contribution in [-0.4, -0.2) is 7.54 Å². The van der Waals surface area contributed by atoms with E-state index in [9.17, 15) is 12.9 Å². The Morgan fingerprint density at radius 1 is 1.00 bits per heavy atom. The van der Waals surface area contributed by atoms with E-state index in [2.05, 4.69) is 13.2 Å². The number of halogens is 3. The van der Waals surface area contributed by atoms with Crippen LogP contribution >= 0.6 is 0 Å². The molecule has 0 aromatic carbocycles. The largest absolute Gasteiger partial charge is 0.762 e. The minimum absolute atomic E-state index is 3.00. The number of rotatable bonds is 0. The molecule has 0 aliphatic carbocycles. The summed E-state index contributed by atoms with van der Waals surface area (Å²) in [6.07, 6.45) is 0.